The molecule has 6 heteroatoms. The van der Waals surface area contributed by atoms with Gasteiger partial charge in [0.25, 0.3) is 0 Å². The molecule has 1 aromatic rings. The van der Waals surface area contributed by atoms with Gasteiger partial charge in [0.15, 0.2) is 0 Å². The largest absolute Gasteiger partial charge is 0.345 e. The van der Waals surface area contributed by atoms with Crippen LogP contribution in [0.1, 0.15) is 153 Å². The first-order chi connectivity index (χ1) is 19.6. The van der Waals surface area contributed by atoms with Crippen LogP contribution in [0.4, 0.5) is 0 Å². The minimum Gasteiger partial charge on any atom is -0.301 e. The SMILES string of the molecule is CC(C)(C)CCCCC(C(=O)OO)C(C)(C)c1ccccc1.CC(CC(CCCCC(C)(C)C)C(=O)OO)CC(C)(C)C. The zero-order valence-corrected chi connectivity index (χ0v) is 29.7. The third-order valence-electron chi connectivity index (χ3n) is 8.23. The zero-order valence-electron chi connectivity index (χ0n) is 29.7. The Hall–Kier alpha value is -1.92. The lowest BCUT2D eigenvalue weighted by Crippen LogP contribution is -2.35. The smallest absolute Gasteiger partial charge is 0.301 e. The fourth-order valence-corrected chi connectivity index (χ4v) is 5.98. The molecular formula is C37H66O6. The number of unbranched alkanes of at least 4 members (excludes halogenated alkanes) is 2. The summed E-state index contributed by atoms with van der Waals surface area (Å²) >= 11 is 0. The first kappa shape index (κ1) is 41.1. The van der Waals surface area contributed by atoms with E-state index in [4.69, 9.17) is 10.5 Å². The van der Waals surface area contributed by atoms with E-state index in [-0.39, 0.29) is 22.7 Å². The van der Waals surface area contributed by atoms with Crippen molar-refractivity contribution in [3.8, 4) is 0 Å². The normalized spacial score (nSPS) is 14.7. The molecule has 0 aliphatic carbocycles. The number of rotatable bonds is 15. The number of hydrogen-bond donors (Lipinski definition) is 2. The molecule has 3 unspecified atom stereocenters. The van der Waals surface area contributed by atoms with Crippen LogP contribution in [-0.4, -0.2) is 22.5 Å². The van der Waals surface area contributed by atoms with Crippen LogP contribution in [0.5, 0.6) is 0 Å². The van der Waals surface area contributed by atoms with Gasteiger partial charge in [-0.2, -0.15) is 10.5 Å². The van der Waals surface area contributed by atoms with Crippen LogP contribution >= 0.6 is 0 Å². The van der Waals surface area contributed by atoms with Crippen molar-refractivity contribution in [3.63, 3.8) is 0 Å². The Bertz CT molecular complexity index is 902. The van der Waals surface area contributed by atoms with E-state index in [0.29, 0.717) is 16.7 Å². The summed E-state index contributed by atoms with van der Waals surface area (Å²) in [5, 5.41) is 17.5. The monoisotopic (exact) mass is 606 g/mol. The average molecular weight is 607 g/mol. The molecule has 6 nitrogen and oxygen atoms in total. The lowest BCUT2D eigenvalue weighted by molar-refractivity contribution is -0.241. The molecule has 0 bridgehead atoms. The Morgan fingerprint density at radius 1 is 0.674 bits per heavy atom. The lowest BCUT2D eigenvalue weighted by Gasteiger charge is -2.32. The van der Waals surface area contributed by atoms with E-state index < -0.39 is 11.9 Å². The topological polar surface area (TPSA) is 93.1 Å². The second-order valence-corrected chi connectivity index (χ2v) is 16.9. The van der Waals surface area contributed by atoms with Gasteiger partial charge in [-0.1, -0.05) is 139 Å². The standard InChI is InChI=1S/C19H30O3.C18H36O3/c1-18(2,3)14-10-9-13-16(17(20)22-21)19(4,5)15-11-7-6-8-12-15;1-14(13-18(5,6)7)12-15(16(19)21-20)10-8-9-11-17(2,3)4/h6-8,11-12,16,21H,9-10,13-14H2,1-5H3;14-15,20H,8-13H2,1-7H3. The van der Waals surface area contributed by atoms with Gasteiger partial charge in [-0.15, -0.1) is 0 Å². The van der Waals surface area contributed by atoms with Gasteiger partial charge >= 0.3 is 11.9 Å². The molecule has 0 aliphatic rings. The molecule has 0 aromatic heterocycles. The van der Waals surface area contributed by atoms with Gasteiger partial charge in [0.05, 0.1) is 11.8 Å². The number of carbonyl (C=O) groups excluding carboxylic acids is 2. The van der Waals surface area contributed by atoms with Crippen LogP contribution in [0, 0.1) is 34.0 Å². The zero-order chi connectivity index (χ0) is 33.5. The highest BCUT2D eigenvalue weighted by atomic mass is 17.1. The van der Waals surface area contributed by atoms with Gasteiger partial charge in [-0.25, -0.2) is 9.59 Å². The fraction of sp³-hybridized carbons (Fsp3) is 0.784. The maximum Gasteiger partial charge on any atom is 0.345 e. The summed E-state index contributed by atoms with van der Waals surface area (Å²) in [5.41, 5.74) is 1.62. The van der Waals surface area contributed by atoms with Crippen LogP contribution in [0.2, 0.25) is 0 Å². The second-order valence-electron chi connectivity index (χ2n) is 16.9. The maximum absolute atomic E-state index is 12.1. The third-order valence-corrected chi connectivity index (χ3v) is 8.23. The molecule has 0 saturated carbocycles. The van der Waals surface area contributed by atoms with E-state index in [2.05, 4.69) is 79.0 Å². The van der Waals surface area contributed by atoms with Crippen LogP contribution in [0.15, 0.2) is 30.3 Å². The summed E-state index contributed by atoms with van der Waals surface area (Å²) in [4.78, 5) is 31.9. The highest BCUT2D eigenvalue weighted by Crippen LogP contribution is 2.36. The van der Waals surface area contributed by atoms with Crippen LogP contribution in [0.3, 0.4) is 0 Å². The van der Waals surface area contributed by atoms with E-state index in [1.165, 1.54) is 0 Å². The maximum atomic E-state index is 12.1. The first-order valence-electron chi connectivity index (χ1n) is 16.4. The van der Waals surface area contributed by atoms with Gasteiger partial charge in [0, 0.05) is 5.41 Å². The van der Waals surface area contributed by atoms with Crippen LogP contribution in [-0.2, 0) is 24.8 Å². The van der Waals surface area contributed by atoms with Crippen molar-refractivity contribution in [2.24, 2.45) is 34.0 Å². The summed E-state index contributed by atoms with van der Waals surface area (Å²) in [7, 11) is 0. The minimum atomic E-state index is -0.537. The van der Waals surface area contributed by atoms with Gasteiger partial charge < -0.3 is 9.78 Å². The van der Waals surface area contributed by atoms with Crippen molar-refractivity contribution >= 4 is 11.9 Å². The Labute approximate surface area is 264 Å². The molecule has 0 spiro atoms. The summed E-state index contributed by atoms with van der Waals surface area (Å²) in [6.45, 7) is 26.3. The molecule has 43 heavy (non-hydrogen) atoms. The molecule has 0 heterocycles. The van der Waals surface area contributed by atoms with Crippen LogP contribution in [0.25, 0.3) is 0 Å². The summed E-state index contributed by atoms with van der Waals surface area (Å²) in [6.07, 6.45) is 9.84. The van der Waals surface area contributed by atoms with Crippen molar-refractivity contribution in [2.75, 3.05) is 0 Å². The average Bonchev–Trinajstić information content (AvgIpc) is 2.88. The van der Waals surface area contributed by atoms with Crippen molar-refractivity contribution < 1.29 is 29.9 Å². The van der Waals surface area contributed by atoms with Gasteiger partial charge in [-0.05, 0) is 66.3 Å². The lowest BCUT2D eigenvalue weighted by atomic mass is 9.71. The molecule has 0 saturated heterocycles. The summed E-state index contributed by atoms with van der Waals surface area (Å²) < 4.78 is 0. The van der Waals surface area contributed by atoms with E-state index >= 15 is 0 Å². The molecule has 0 aliphatic heterocycles. The molecule has 3 atom stereocenters. The van der Waals surface area contributed by atoms with Crippen LogP contribution < -0.4 is 0 Å². The molecule has 1 rings (SSSR count). The first-order valence-corrected chi connectivity index (χ1v) is 16.4. The van der Waals surface area contributed by atoms with E-state index in [1.807, 2.05) is 44.2 Å². The van der Waals surface area contributed by atoms with E-state index in [1.54, 1.807) is 0 Å². The molecule has 1 aromatic carbocycles. The van der Waals surface area contributed by atoms with E-state index in [0.717, 1.165) is 69.8 Å². The molecule has 250 valence electrons. The van der Waals surface area contributed by atoms with Gasteiger partial charge in [-0.3, -0.25) is 0 Å². The van der Waals surface area contributed by atoms with E-state index in [9.17, 15) is 9.59 Å². The number of benzene rings is 1. The Balaban J connectivity index is 0.000000822. The summed E-state index contributed by atoms with van der Waals surface area (Å²) in [6, 6.07) is 9.94. The molecule has 0 amide bonds. The highest BCUT2D eigenvalue weighted by Gasteiger charge is 2.37. The number of hydrogen-bond acceptors (Lipinski definition) is 6. The van der Waals surface area contributed by atoms with Crippen molar-refractivity contribution in [1.29, 1.82) is 0 Å². The Morgan fingerprint density at radius 2 is 1.14 bits per heavy atom. The predicted octanol–water partition coefficient (Wildman–Crippen LogP) is 10.9. The number of carbonyl (C=O) groups is 2. The molecule has 0 radical (unpaired) electrons. The third kappa shape index (κ3) is 19.2. The van der Waals surface area contributed by atoms with Crippen molar-refractivity contribution in [2.45, 2.75) is 153 Å². The quantitative estimate of drug-likeness (QED) is 0.117. The molecular weight excluding hydrogens is 540 g/mol. The Kier molecular flexibility index (Phi) is 17.9. The second kappa shape index (κ2) is 18.8. The van der Waals surface area contributed by atoms with Crippen molar-refractivity contribution in [3.05, 3.63) is 35.9 Å². The molecule has 0 fully saturated rings. The predicted molar refractivity (Wildman–Crippen MR) is 178 cm³/mol. The summed E-state index contributed by atoms with van der Waals surface area (Å²) in [5.74, 6) is -1.07. The molecule has 2 N–H and O–H groups in total. The highest BCUT2D eigenvalue weighted by molar-refractivity contribution is 5.74. The Morgan fingerprint density at radius 3 is 1.56 bits per heavy atom. The van der Waals surface area contributed by atoms with Gasteiger partial charge in [0.1, 0.15) is 0 Å². The fourth-order valence-electron chi connectivity index (χ4n) is 5.98. The van der Waals surface area contributed by atoms with Gasteiger partial charge in [0.2, 0.25) is 0 Å². The van der Waals surface area contributed by atoms with Crippen molar-refractivity contribution in [1.82, 2.24) is 0 Å². The minimum absolute atomic E-state index is 0.174.